The fourth-order valence-corrected chi connectivity index (χ4v) is 4.08. The van der Waals surface area contributed by atoms with Crippen LogP contribution in [-0.4, -0.2) is 41.8 Å². The number of aliphatic hydroxyl groups excluding tert-OH is 1. The predicted molar refractivity (Wildman–Crippen MR) is 136 cm³/mol. The number of amides is 1. The van der Waals surface area contributed by atoms with Gasteiger partial charge >= 0.3 is 0 Å². The maximum absolute atomic E-state index is 13.6. The molecule has 1 aliphatic heterocycles. The molecule has 0 bridgehead atoms. The van der Waals surface area contributed by atoms with E-state index in [0.29, 0.717) is 36.8 Å². The Hall–Kier alpha value is -3.16. The summed E-state index contributed by atoms with van der Waals surface area (Å²) >= 11 is 3.47. The average molecular weight is 523 g/mol. The van der Waals surface area contributed by atoms with Crippen LogP contribution in [-0.2, 0) is 16.0 Å². The minimum Gasteiger partial charge on any atom is -0.494 e. The van der Waals surface area contributed by atoms with Crippen LogP contribution in [0.2, 0.25) is 0 Å². The molecule has 0 fully saturated rings. The number of hydrogen-bond donors (Lipinski definition) is 2. The van der Waals surface area contributed by atoms with Gasteiger partial charge in [-0.2, -0.15) is 0 Å². The Morgan fingerprint density at radius 3 is 2.47 bits per heavy atom. The first kappa shape index (κ1) is 24.0. The van der Waals surface area contributed by atoms with Crippen molar-refractivity contribution in [2.75, 3.05) is 18.5 Å². The van der Waals surface area contributed by atoms with Crippen LogP contribution in [0.5, 0.6) is 5.75 Å². The molecule has 0 aromatic heterocycles. The number of para-hydroxylation sites is 1. The van der Waals surface area contributed by atoms with Gasteiger partial charge in [0.15, 0.2) is 5.54 Å². The SMILES string of the molecule is C[C@H]1OC(c2ccc(OCCCO)cc2)=N[C@@]1(Cc1ccc(Br)cc1)C(=O)Nc1ccccc1. The summed E-state index contributed by atoms with van der Waals surface area (Å²) in [6, 6.07) is 24.7. The number of anilines is 1. The normalized spacial score (nSPS) is 19.3. The lowest BCUT2D eigenvalue weighted by atomic mass is 9.86. The van der Waals surface area contributed by atoms with Crippen molar-refractivity contribution in [3.05, 3.63) is 94.5 Å². The summed E-state index contributed by atoms with van der Waals surface area (Å²) < 4.78 is 12.7. The van der Waals surface area contributed by atoms with E-state index in [1.54, 1.807) is 0 Å². The summed E-state index contributed by atoms with van der Waals surface area (Å²) in [7, 11) is 0. The Morgan fingerprint density at radius 1 is 1.09 bits per heavy atom. The molecule has 1 aliphatic rings. The molecule has 3 aromatic rings. The average Bonchev–Trinajstić information content (AvgIpc) is 3.19. The van der Waals surface area contributed by atoms with E-state index in [9.17, 15) is 4.79 Å². The van der Waals surface area contributed by atoms with Crippen molar-refractivity contribution in [2.24, 2.45) is 4.99 Å². The molecule has 6 nitrogen and oxygen atoms in total. The Bertz CT molecular complexity index is 1130. The minimum atomic E-state index is -1.13. The molecule has 3 aromatic carbocycles. The number of aliphatic hydroxyl groups is 1. The van der Waals surface area contributed by atoms with Gasteiger partial charge in [-0.3, -0.25) is 4.79 Å². The van der Waals surface area contributed by atoms with Crippen LogP contribution in [0.15, 0.2) is 88.3 Å². The Kier molecular flexibility index (Phi) is 7.65. The smallest absolute Gasteiger partial charge is 0.256 e. The Morgan fingerprint density at radius 2 is 1.79 bits per heavy atom. The van der Waals surface area contributed by atoms with Gasteiger partial charge in [0, 0.05) is 35.2 Å². The molecule has 0 spiro atoms. The van der Waals surface area contributed by atoms with Gasteiger partial charge in [0.05, 0.1) is 6.61 Å². The number of carbonyl (C=O) groups excluding carboxylic acids is 1. The zero-order chi connectivity index (χ0) is 24.0. The van der Waals surface area contributed by atoms with E-state index in [2.05, 4.69) is 21.2 Å². The van der Waals surface area contributed by atoms with Crippen molar-refractivity contribution in [2.45, 2.75) is 31.4 Å². The number of hydrogen-bond acceptors (Lipinski definition) is 5. The van der Waals surface area contributed by atoms with E-state index in [1.165, 1.54) is 0 Å². The maximum atomic E-state index is 13.6. The lowest BCUT2D eigenvalue weighted by Gasteiger charge is -2.28. The quantitative estimate of drug-likeness (QED) is 0.387. The number of halogens is 1. The highest BCUT2D eigenvalue weighted by atomic mass is 79.9. The molecule has 0 aliphatic carbocycles. The van der Waals surface area contributed by atoms with Gasteiger partial charge in [-0.25, -0.2) is 4.99 Å². The third-order valence-corrected chi connectivity index (χ3v) is 6.27. The minimum absolute atomic E-state index is 0.0894. The van der Waals surface area contributed by atoms with Crippen LogP contribution in [0.1, 0.15) is 24.5 Å². The highest BCUT2D eigenvalue weighted by molar-refractivity contribution is 9.10. The van der Waals surface area contributed by atoms with Crippen LogP contribution >= 0.6 is 15.9 Å². The monoisotopic (exact) mass is 522 g/mol. The summed E-state index contributed by atoms with van der Waals surface area (Å²) in [5, 5.41) is 11.9. The lowest BCUT2D eigenvalue weighted by Crippen LogP contribution is -2.49. The van der Waals surface area contributed by atoms with Gasteiger partial charge in [0.1, 0.15) is 11.9 Å². The second kappa shape index (κ2) is 10.8. The highest BCUT2D eigenvalue weighted by Gasteiger charge is 2.50. The van der Waals surface area contributed by atoms with E-state index in [1.807, 2.05) is 85.8 Å². The molecule has 34 heavy (non-hydrogen) atoms. The second-order valence-corrected chi connectivity index (χ2v) is 9.09. The van der Waals surface area contributed by atoms with E-state index in [0.717, 1.165) is 15.6 Å². The molecule has 7 heteroatoms. The molecule has 1 heterocycles. The molecule has 4 rings (SSSR count). The number of rotatable bonds is 9. The molecule has 0 saturated carbocycles. The van der Waals surface area contributed by atoms with Gasteiger partial charge in [0.2, 0.25) is 5.90 Å². The zero-order valence-corrected chi connectivity index (χ0v) is 20.5. The lowest BCUT2D eigenvalue weighted by molar-refractivity contribution is -0.123. The maximum Gasteiger partial charge on any atom is 0.256 e. The molecule has 0 saturated heterocycles. The number of nitrogens with one attached hydrogen (secondary N) is 1. The van der Waals surface area contributed by atoms with Gasteiger partial charge in [-0.1, -0.05) is 46.3 Å². The zero-order valence-electron chi connectivity index (χ0n) is 18.9. The molecule has 2 N–H and O–H groups in total. The summed E-state index contributed by atoms with van der Waals surface area (Å²) in [6.07, 6.45) is 0.492. The number of nitrogens with zero attached hydrogens (tertiary/aromatic N) is 1. The Balaban J connectivity index is 1.64. The van der Waals surface area contributed by atoms with Crippen molar-refractivity contribution in [1.82, 2.24) is 0 Å². The first-order valence-electron chi connectivity index (χ1n) is 11.2. The molecular weight excluding hydrogens is 496 g/mol. The molecule has 0 unspecified atom stereocenters. The van der Waals surface area contributed by atoms with E-state index in [4.69, 9.17) is 19.6 Å². The first-order chi connectivity index (χ1) is 16.5. The Labute approximate surface area is 207 Å². The number of benzene rings is 3. The molecule has 2 atom stereocenters. The van der Waals surface area contributed by atoms with E-state index in [-0.39, 0.29) is 12.5 Å². The third kappa shape index (κ3) is 5.48. The van der Waals surface area contributed by atoms with E-state index < -0.39 is 11.6 Å². The topological polar surface area (TPSA) is 80.2 Å². The molecule has 0 radical (unpaired) electrons. The van der Waals surface area contributed by atoms with Crippen molar-refractivity contribution >= 4 is 33.4 Å². The predicted octanol–water partition coefficient (Wildman–Crippen LogP) is 5.00. The van der Waals surface area contributed by atoms with Crippen molar-refractivity contribution in [3.8, 4) is 5.75 Å². The molecular formula is C27H27BrN2O4. The highest BCUT2D eigenvalue weighted by Crippen LogP contribution is 2.34. The summed E-state index contributed by atoms with van der Waals surface area (Å²) in [5.74, 6) is 0.912. The first-order valence-corrected chi connectivity index (χ1v) is 12.0. The standard InChI is InChI=1S/C27H27BrN2O4/c1-19-27(18-20-8-12-22(28)13-9-20,26(32)29-23-6-3-2-4-7-23)30-25(34-19)21-10-14-24(15-11-21)33-17-5-16-31/h2-4,6-15,19,31H,5,16-18H2,1H3,(H,29,32)/t19-,27-/m1/s1. The third-order valence-electron chi connectivity index (χ3n) is 5.75. The van der Waals surface area contributed by atoms with Crippen LogP contribution in [0.3, 0.4) is 0 Å². The fourth-order valence-electron chi connectivity index (χ4n) is 3.82. The molecule has 1 amide bonds. The number of carbonyl (C=O) groups is 1. The summed E-state index contributed by atoms with van der Waals surface area (Å²) in [6.45, 7) is 2.42. The van der Waals surface area contributed by atoms with Crippen molar-refractivity contribution < 1.29 is 19.4 Å². The van der Waals surface area contributed by atoms with Crippen LogP contribution in [0, 0.1) is 0 Å². The summed E-state index contributed by atoms with van der Waals surface area (Å²) in [5.41, 5.74) is 1.34. The van der Waals surface area contributed by atoms with Gasteiger partial charge < -0.3 is 19.9 Å². The number of aliphatic imine (C=N–C) groups is 1. The van der Waals surface area contributed by atoms with Crippen molar-refractivity contribution in [1.29, 1.82) is 0 Å². The largest absolute Gasteiger partial charge is 0.494 e. The summed E-state index contributed by atoms with van der Waals surface area (Å²) in [4.78, 5) is 18.5. The van der Waals surface area contributed by atoms with Crippen LogP contribution < -0.4 is 10.1 Å². The second-order valence-electron chi connectivity index (χ2n) is 8.17. The van der Waals surface area contributed by atoms with Crippen LogP contribution in [0.25, 0.3) is 0 Å². The fraction of sp³-hybridized carbons (Fsp3) is 0.259. The molecule has 176 valence electrons. The van der Waals surface area contributed by atoms with E-state index >= 15 is 0 Å². The van der Waals surface area contributed by atoms with Crippen LogP contribution in [0.4, 0.5) is 5.69 Å². The van der Waals surface area contributed by atoms with Crippen molar-refractivity contribution in [3.63, 3.8) is 0 Å². The van der Waals surface area contributed by atoms with Gasteiger partial charge in [-0.15, -0.1) is 0 Å². The van der Waals surface area contributed by atoms with Gasteiger partial charge in [-0.05, 0) is 61.0 Å². The number of ether oxygens (including phenoxy) is 2. The van der Waals surface area contributed by atoms with Gasteiger partial charge in [0.25, 0.3) is 5.91 Å².